The highest BCUT2D eigenvalue weighted by Crippen LogP contribution is 2.23. The highest BCUT2D eigenvalue weighted by atomic mass is 32.2. The highest BCUT2D eigenvalue weighted by molar-refractivity contribution is 7.98. The van der Waals surface area contributed by atoms with E-state index in [1.165, 1.54) is 18.2 Å². The zero-order chi connectivity index (χ0) is 17.1. The maximum absolute atomic E-state index is 13.8. The summed E-state index contributed by atoms with van der Waals surface area (Å²) in [4.78, 5) is 4.02. The fourth-order valence-electron chi connectivity index (χ4n) is 1.89. The van der Waals surface area contributed by atoms with Gasteiger partial charge in [-0.3, -0.25) is 4.99 Å². The quantitative estimate of drug-likeness (QED) is 0.408. The summed E-state index contributed by atoms with van der Waals surface area (Å²) in [6.07, 6.45) is 4.13. The van der Waals surface area contributed by atoms with Crippen molar-refractivity contribution in [3.63, 3.8) is 0 Å². The summed E-state index contributed by atoms with van der Waals surface area (Å²) in [5, 5.41) is 6.00. The Morgan fingerprint density at radius 2 is 2.09 bits per heavy atom. The number of hydrogen-bond donors (Lipinski definition) is 2. The van der Waals surface area contributed by atoms with Gasteiger partial charge in [-0.2, -0.15) is 20.5 Å². The Morgan fingerprint density at radius 3 is 2.74 bits per heavy atom. The van der Waals surface area contributed by atoms with Crippen LogP contribution in [0, 0.1) is 5.82 Å². The van der Waals surface area contributed by atoms with Crippen molar-refractivity contribution in [2.24, 2.45) is 4.99 Å². The lowest BCUT2D eigenvalue weighted by atomic mass is 10.2. The van der Waals surface area contributed by atoms with Crippen LogP contribution in [0.25, 0.3) is 0 Å². The van der Waals surface area contributed by atoms with Crippen LogP contribution in [0.15, 0.2) is 23.2 Å². The van der Waals surface area contributed by atoms with Crippen molar-refractivity contribution < 1.29 is 17.9 Å². The molecule has 4 nitrogen and oxygen atoms in total. The molecule has 0 radical (unpaired) electrons. The molecule has 0 unspecified atom stereocenters. The van der Waals surface area contributed by atoms with Crippen molar-refractivity contribution in [2.75, 3.05) is 25.6 Å². The van der Waals surface area contributed by atoms with Gasteiger partial charge in [0.2, 0.25) is 0 Å². The molecule has 0 aliphatic heterocycles. The average molecular weight is 349 g/mol. The fourth-order valence-corrected chi connectivity index (χ4v) is 2.38. The molecular weight excluding hydrogens is 327 g/mol. The molecule has 130 valence electrons. The minimum absolute atomic E-state index is 0.000782. The number of nitrogens with one attached hydrogen (secondary N) is 2. The first-order valence-corrected chi connectivity index (χ1v) is 8.63. The summed E-state index contributed by atoms with van der Waals surface area (Å²) in [7, 11) is 1.59. The van der Waals surface area contributed by atoms with Gasteiger partial charge in [0.1, 0.15) is 11.6 Å². The smallest absolute Gasteiger partial charge is 0.387 e. The third-order valence-electron chi connectivity index (χ3n) is 3.02. The maximum Gasteiger partial charge on any atom is 0.387 e. The summed E-state index contributed by atoms with van der Waals surface area (Å²) in [5.74, 6) is 0.798. The SMILES string of the molecule is CN=C(NCCCCSC)NCc1c(F)cccc1OC(F)F. The van der Waals surface area contributed by atoms with Crippen LogP contribution < -0.4 is 15.4 Å². The van der Waals surface area contributed by atoms with E-state index in [2.05, 4.69) is 26.6 Å². The summed E-state index contributed by atoms with van der Waals surface area (Å²) in [6, 6.07) is 3.84. The fraction of sp³-hybridized carbons (Fsp3) is 0.533. The molecule has 0 saturated carbocycles. The Morgan fingerprint density at radius 1 is 1.30 bits per heavy atom. The van der Waals surface area contributed by atoms with Gasteiger partial charge in [0.15, 0.2) is 5.96 Å². The van der Waals surface area contributed by atoms with Crippen LogP contribution in [0.1, 0.15) is 18.4 Å². The summed E-state index contributed by atoms with van der Waals surface area (Å²) < 4.78 is 42.9. The summed E-state index contributed by atoms with van der Waals surface area (Å²) >= 11 is 1.79. The number of alkyl halides is 2. The van der Waals surface area contributed by atoms with E-state index in [1.54, 1.807) is 18.8 Å². The van der Waals surface area contributed by atoms with Gasteiger partial charge in [-0.25, -0.2) is 4.39 Å². The van der Waals surface area contributed by atoms with E-state index in [0.717, 1.165) is 25.1 Å². The average Bonchev–Trinajstić information content (AvgIpc) is 2.51. The molecule has 0 spiro atoms. The number of halogens is 3. The minimum Gasteiger partial charge on any atom is -0.434 e. The van der Waals surface area contributed by atoms with Gasteiger partial charge in [-0.15, -0.1) is 0 Å². The number of hydrogen-bond acceptors (Lipinski definition) is 3. The molecule has 1 aromatic rings. The normalized spacial score (nSPS) is 11.7. The van der Waals surface area contributed by atoms with E-state index in [-0.39, 0.29) is 17.9 Å². The molecule has 0 saturated heterocycles. The molecular formula is C15H22F3N3OS. The molecule has 1 aromatic carbocycles. The second-order valence-corrected chi connectivity index (χ2v) is 5.63. The highest BCUT2D eigenvalue weighted by Gasteiger charge is 2.14. The lowest BCUT2D eigenvalue weighted by molar-refractivity contribution is -0.0506. The molecule has 0 heterocycles. The molecule has 0 fully saturated rings. The summed E-state index contributed by atoms with van der Waals surface area (Å²) in [6.45, 7) is -2.26. The van der Waals surface area contributed by atoms with E-state index < -0.39 is 12.4 Å². The van der Waals surface area contributed by atoms with E-state index in [4.69, 9.17) is 0 Å². The number of nitrogens with zero attached hydrogens (tertiary/aromatic N) is 1. The Bertz CT molecular complexity index is 501. The van der Waals surface area contributed by atoms with Crippen molar-refractivity contribution in [1.29, 1.82) is 0 Å². The lowest BCUT2D eigenvalue weighted by Gasteiger charge is -2.15. The zero-order valence-electron chi connectivity index (χ0n) is 13.2. The summed E-state index contributed by atoms with van der Waals surface area (Å²) in [5.41, 5.74) is 0.0399. The number of guanidine groups is 1. The topological polar surface area (TPSA) is 45.7 Å². The molecule has 23 heavy (non-hydrogen) atoms. The van der Waals surface area contributed by atoms with Gasteiger partial charge in [0.05, 0.1) is 0 Å². The van der Waals surface area contributed by atoms with Crippen LogP contribution in [0.5, 0.6) is 5.75 Å². The number of thioether (sulfide) groups is 1. The Balaban J connectivity index is 2.55. The first kappa shape index (κ1) is 19.5. The van der Waals surface area contributed by atoms with Crippen molar-refractivity contribution >= 4 is 17.7 Å². The van der Waals surface area contributed by atoms with Gasteiger partial charge in [-0.05, 0) is 37.0 Å². The van der Waals surface area contributed by atoms with Crippen molar-refractivity contribution in [3.8, 4) is 5.75 Å². The Kier molecular flexibility index (Phi) is 9.35. The molecule has 0 amide bonds. The number of rotatable bonds is 9. The molecule has 0 aromatic heterocycles. The predicted octanol–water partition coefficient (Wildman–Crippen LogP) is 3.24. The van der Waals surface area contributed by atoms with Crippen LogP contribution in [0.4, 0.5) is 13.2 Å². The van der Waals surface area contributed by atoms with Crippen molar-refractivity contribution in [2.45, 2.75) is 26.0 Å². The van der Waals surface area contributed by atoms with Gasteiger partial charge < -0.3 is 15.4 Å². The monoisotopic (exact) mass is 349 g/mol. The van der Waals surface area contributed by atoms with Crippen LogP contribution in [-0.2, 0) is 6.54 Å². The second-order valence-electron chi connectivity index (χ2n) is 4.65. The molecule has 0 aliphatic carbocycles. The number of unbranched alkanes of at least 4 members (excludes halogenated alkanes) is 1. The third kappa shape index (κ3) is 7.49. The lowest BCUT2D eigenvalue weighted by Crippen LogP contribution is -2.37. The number of benzene rings is 1. The van der Waals surface area contributed by atoms with Crippen molar-refractivity contribution in [3.05, 3.63) is 29.6 Å². The second kappa shape index (κ2) is 11.0. The van der Waals surface area contributed by atoms with Crippen LogP contribution in [0.2, 0.25) is 0 Å². The minimum atomic E-state index is -3.00. The van der Waals surface area contributed by atoms with Crippen LogP contribution >= 0.6 is 11.8 Å². The predicted molar refractivity (Wildman–Crippen MR) is 88.8 cm³/mol. The van der Waals surface area contributed by atoms with E-state index in [0.29, 0.717) is 5.96 Å². The number of ether oxygens (including phenoxy) is 1. The van der Waals surface area contributed by atoms with Gasteiger partial charge in [-0.1, -0.05) is 6.07 Å². The number of aliphatic imine (C=N–C) groups is 1. The van der Waals surface area contributed by atoms with E-state index >= 15 is 0 Å². The van der Waals surface area contributed by atoms with Gasteiger partial charge >= 0.3 is 6.61 Å². The first-order valence-electron chi connectivity index (χ1n) is 7.24. The maximum atomic E-state index is 13.8. The zero-order valence-corrected chi connectivity index (χ0v) is 14.1. The molecule has 2 N–H and O–H groups in total. The van der Waals surface area contributed by atoms with Crippen molar-refractivity contribution in [1.82, 2.24) is 10.6 Å². The Labute approximate surface area is 138 Å². The molecule has 0 bridgehead atoms. The largest absolute Gasteiger partial charge is 0.434 e. The molecule has 8 heteroatoms. The van der Waals surface area contributed by atoms with E-state index in [9.17, 15) is 13.2 Å². The third-order valence-corrected chi connectivity index (χ3v) is 3.71. The standard InChI is InChI=1S/C15H22F3N3OS/c1-19-15(20-8-3-4-9-23-2)21-10-11-12(16)6-5-7-13(11)22-14(17)18/h5-7,14H,3-4,8-10H2,1-2H3,(H2,19,20,21). The molecule has 0 atom stereocenters. The molecule has 1 rings (SSSR count). The van der Waals surface area contributed by atoms with Gasteiger partial charge in [0, 0.05) is 25.7 Å². The van der Waals surface area contributed by atoms with Crippen LogP contribution in [0.3, 0.4) is 0 Å². The first-order chi connectivity index (χ1) is 11.1. The van der Waals surface area contributed by atoms with Gasteiger partial charge in [0.25, 0.3) is 0 Å². The Hall–Kier alpha value is -1.57. The van der Waals surface area contributed by atoms with E-state index in [1.807, 2.05) is 0 Å². The molecule has 0 aliphatic rings. The van der Waals surface area contributed by atoms with Crippen LogP contribution in [-0.4, -0.2) is 38.2 Å².